The molecule has 98 valence electrons. The van der Waals surface area contributed by atoms with Gasteiger partial charge in [-0.3, -0.25) is 0 Å². The van der Waals surface area contributed by atoms with E-state index < -0.39 is 5.97 Å². The summed E-state index contributed by atoms with van der Waals surface area (Å²) in [6.07, 6.45) is 7.83. The number of oxazole rings is 1. The van der Waals surface area contributed by atoms with Crippen LogP contribution in [0.15, 0.2) is 10.7 Å². The predicted octanol–water partition coefficient (Wildman–Crippen LogP) is 2.39. The zero-order chi connectivity index (χ0) is 12.5. The van der Waals surface area contributed by atoms with Crippen molar-refractivity contribution in [3.63, 3.8) is 0 Å². The van der Waals surface area contributed by atoms with Crippen LogP contribution in [0.1, 0.15) is 42.6 Å². The first-order chi connectivity index (χ1) is 8.74. The molecule has 2 fully saturated rings. The highest BCUT2D eigenvalue weighted by Gasteiger charge is 2.33. The fourth-order valence-electron chi connectivity index (χ4n) is 3.28. The molecular formula is C13H18N2O3. The molecule has 3 rings (SSSR count). The predicted molar refractivity (Wildman–Crippen MR) is 65.7 cm³/mol. The number of carboxylic acid groups (broad SMARTS) is 1. The van der Waals surface area contributed by atoms with Crippen LogP contribution in [0, 0.1) is 11.8 Å². The lowest BCUT2D eigenvalue weighted by molar-refractivity contribution is 0.0690. The summed E-state index contributed by atoms with van der Waals surface area (Å²) in [5, 5.41) is 8.82. The lowest BCUT2D eigenvalue weighted by Gasteiger charge is -2.18. The van der Waals surface area contributed by atoms with Crippen molar-refractivity contribution in [3.8, 4) is 0 Å². The van der Waals surface area contributed by atoms with E-state index in [1.54, 1.807) is 0 Å². The average Bonchev–Trinajstić information content (AvgIpc) is 3.10. The first kappa shape index (κ1) is 11.6. The van der Waals surface area contributed by atoms with Gasteiger partial charge in [0, 0.05) is 13.1 Å². The molecule has 0 amide bonds. The molecule has 1 aliphatic heterocycles. The van der Waals surface area contributed by atoms with Gasteiger partial charge in [0.1, 0.15) is 6.26 Å². The molecule has 18 heavy (non-hydrogen) atoms. The lowest BCUT2D eigenvalue weighted by atomic mass is 9.90. The minimum atomic E-state index is -1.03. The molecule has 1 saturated carbocycles. The summed E-state index contributed by atoms with van der Waals surface area (Å²) in [5.41, 5.74) is -0.00526. The normalized spacial score (nSPS) is 24.9. The second kappa shape index (κ2) is 4.63. The number of carbonyl (C=O) groups is 1. The Morgan fingerprint density at radius 3 is 2.78 bits per heavy atom. The molecule has 2 heterocycles. The van der Waals surface area contributed by atoms with Crippen molar-refractivity contribution in [2.24, 2.45) is 11.8 Å². The van der Waals surface area contributed by atoms with E-state index >= 15 is 0 Å². The Kier molecular flexibility index (Phi) is 2.97. The number of rotatable bonds is 3. The zero-order valence-electron chi connectivity index (χ0n) is 10.3. The van der Waals surface area contributed by atoms with Crippen molar-refractivity contribution in [2.75, 3.05) is 18.0 Å². The third-order valence-corrected chi connectivity index (χ3v) is 4.27. The molecule has 1 aromatic heterocycles. The van der Waals surface area contributed by atoms with Gasteiger partial charge in [-0.05, 0) is 18.3 Å². The molecule has 5 heteroatoms. The molecule has 0 spiro atoms. The topological polar surface area (TPSA) is 66.6 Å². The van der Waals surface area contributed by atoms with E-state index in [-0.39, 0.29) is 5.69 Å². The summed E-state index contributed by atoms with van der Waals surface area (Å²) in [6.45, 7) is 1.89. The Labute approximate surface area is 106 Å². The standard InChI is InChI=1S/C13H18N2O3/c16-12(17)11-8-18-13(14-11)15-6-5-10(7-15)9-3-1-2-4-9/h8-10H,1-7H2,(H,16,17). The summed E-state index contributed by atoms with van der Waals surface area (Å²) in [6, 6.07) is 0.466. The molecule has 2 aliphatic rings. The van der Waals surface area contributed by atoms with Crippen molar-refractivity contribution in [3.05, 3.63) is 12.0 Å². The van der Waals surface area contributed by atoms with Crippen LogP contribution >= 0.6 is 0 Å². The molecule has 0 radical (unpaired) electrons. The van der Waals surface area contributed by atoms with E-state index in [0.29, 0.717) is 6.01 Å². The molecule has 1 atom stereocenters. The monoisotopic (exact) mass is 250 g/mol. The molecule has 0 aromatic carbocycles. The third-order valence-electron chi connectivity index (χ3n) is 4.27. The van der Waals surface area contributed by atoms with E-state index in [4.69, 9.17) is 9.52 Å². The lowest BCUT2D eigenvalue weighted by Crippen LogP contribution is -2.22. The first-order valence-electron chi connectivity index (χ1n) is 6.68. The van der Waals surface area contributed by atoms with Gasteiger partial charge in [-0.15, -0.1) is 0 Å². The van der Waals surface area contributed by atoms with Gasteiger partial charge in [-0.1, -0.05) is 25.7 Å². The highest BCUT2D eigenvalue weighted by molar-refractivity contribution is 5.85. The van der Waals surface area contributed by atoms with Crippen LogP contribution in [0.4, 0.5) is 6.01 Å². The van der Waals surface area contributed by atoms with Crippen molar-refractivity contribution >= 4 is 12.0 Å². The van der Waals surface area contributed by atoms with Crippen molar-refractivity contribution in [1.29, 1.82) is 0 Å². The van der Waals surface area contributed by atoms with Crippen LogP contribution in [0.3, 0.4) is 0 Å². The molecule has 1 aromatic rings. The van der Waals surface area contributed by atoms with Crippen molar-refractivity contribution < 1.29 is 14.3 Å². The highest BCUT2D eigenvalue weighted by atomic mass is 16.4. The number of carboxylic acids is 1. The second-order valence-electron chi connectivity index (χ2n) is 5.36. The third kappa shape index (κ3) is 2.09. The fourth-order valence-corrected chi connectivity index (χ4v) is 3.28. The number of anilines is 1. The average molecular weight is 250 g/mol. The molecule has 5 nitrogen and oxygen atoms in total. The van der Waals surface area contributed by atoms with E-state index in [1.165, 1.54) is 38.4 Å². The Hall–Kier alpha value is -1.52. The van der Waals surface area contributed by atoms with Crippen LogP contribution in [0.25, 0.3) is 0 Å². The Bertz CT molecular complexity index is 437. The number of aromatic nitrogens is 1. The van der Waals surface area contributed by atoms with E-state index in [2.05, 4.69) is 9.88 Å². The summed E-state index contributed by atoms with van der Waals surface area (Å²) in [7, 11) is 0. The van der Waals surface area contributed by atoms with Gasteiger partial charge in [0.2, 0.25) is 0 Å². The van der Waals surface area contributed by atoms with Gasteiger partial charge in [0.05, 0.1) is 0 Å². The number of aromatic carboxylic acids is 1. The molecule has 1 aliphatic carbocycles. The van der Waals surface area contributed by atoms with Crippen LogP contribution in [0.5, 0.6) is 0 Å². The minimum absolute atomic E-state index is 0.00526. The SMILES string of the molecule is O=C(O)c1coc(N2CCC(C3CCCC3)C2)n1. The maximum Gasteiger partial charge on any atom is 0.357 e. The van der Waals surface area contributed by atoms with E-state index in [9.17, 15) is 4.79 Å². The van der Waals surface area contributed by atoms with Gasteiger partial charge < -0.3 is 14.4 Å². The first-order valence-corrected chi connectivity index (χ1v) is 6.68. The minimum Gasteiger partial charge on any atom is -0.476 e. The Balaban J connectivity index is 1.65. The summed E-state index contributed by atoms with van der Waals surface area (Å²) in [4.78, 5) is 16.9. The number of hydrogen-bond donors (Lipinski definition) is 1. The molecule has 1 N–H and O–H groups in total. The van der Waals surface area contributed by atoms with Gasteiger partial charge in [-0.25, -0.2) is 4.79 Å². The van der Waals surface area contributed by atoms with Crippen LogP contribution in [-0.4, -0.2) is 29.1 Å². The van der Waals surface area contributed by atoms with Crippen molar-refractivity contribution in [2.45, 2.75) is 32.1 Å². The molecule has 1 saturated heterocycles. The van der Waals surface area contributed by atoms with Crippen LogP contribution in [-0.2, 0) is 0 Å². The smallest absolute Gasteiger partial charge is 0.357 e. The summed E-state index contributed by atoms with van der Waals surface area (Å²) >= 11 is 0. The number of nitrogens with zero attached hydrogens (tertiary/aromatic N) is 2. The Morgan fingerprint density at radius 1 is 1.33 bits per heavy atom. The highest BCUT2D eigenvalue weighted by Crippen LogP contribution is 2.37. The van der Waals surface area contributed by atoms with E-state index in [1.807, 2.05) is 0 Å². The van der Waals surface area contributed by atoms with Crippen LogP contribution < -0.4 is 4.90 Å². The second-order valence-corrected chi connectivity index (χ2v) is 5.36. The van der Waals surface area contributed by atoms with Gasteiger partial charge in [0.25, 0.3) is 6.01 Å². The van der Waals surface area contributed by atoms with Crippen molar-refractivity contribution in [1.82, 2.24) is 4.98 Å². The number of hydrogen-bond acceptors (Lipinski definition) is 4. The quantitative estimate of drug-likeness (QED) is 0.892. The van der Waals surface area contributed by atoms with Crippen LogP contribution in [0.2, 0.25) is 0 Å². The van der Waals surface area contributed by atoms with Gasteiger partial charge >= 0.3 is 5.97 Å². The zero-order valence-corrected chi connectivity index (χ0v) is 10.3. The largest absolute Gasteiger partial charge is 0.476 e. The Morgan fingerprint density at radius 2 is 2.11 bits per heavy atom. The molecule has 1 unspecified atom stereocenters. The maximum absolute atomic E-state index is 10.8. The summed E-state index contributed by atoms with van der Waals surface area (Å²) in [5.74, 6) is 0.549. The van der Waals surface area contributed by atoms with E-state index in [0.717, 1.165) is 24.9 Å². The summed E-state index contributed by atoms with van der Waals surface area (Å²) < 4.78 is 5.25. The molecule has 0 bridgehead atoms. The van der Waals surface area contributed by atoms with Gasteiger partial charge in [-0.2, -0.15) is 4.98 Å². The molecular weight excluding hydrogens is 232 g/mol. The van der Waals surface area contributed by atoms with Gasteiger partial charge in [0.15, 0.2) is 5.69 Å². The fraction of sp³-hybridized carbons (Fsp3) is 0.692. The maximum atomic E-state index is 10.8.